The smallest absolute Gasteiger partial charge is 0.256 e. The number of aromatic nitrogens is 1. The molecule has 0 unspecified atom stereocenters. The maximum Gasteiger partial charge on any atom is 0.256 e. The second-order valence-corrected chi connectivity index (χ2v) is 5.40. The number of rotatable bonds is 5. The molecule has 0 saturated heterocycles. The molecule has 5 heteroatoms. The highest BCUT2D eigenvalue weighted by molar-refractivity contribution is 5.93. The van der Waals surface area contributed by atoms with Crippen molar-refractivity contribution in [3.63, 3.8) is 0 Å². The molecule has 20 heavy (non-hydrogen) atoms. The Labute approximate surface area is 119 Å². The predicted molar refractivity (Wildman–Crippen MR) is 78.9 cm³/mol. The number of carbonyl (C=O) groups is 1. The molecule has 110 valence electrons. The zero-order valence-electron chi connectivity index (χ0n) is 11.9. The number of nitrogens with one attached hydrogen (secondary N) is 3. The van der Waals surface area contributed by atoms with Crippen molar-refractivity contribution in [1.82, 2.24) is 15.6 Å². The fourth-order valence-corrected chi connectivity index (χ4v) is 2.65. The molecule has 0 aromatic carbocycles. The summed E-state index contributed by atoms with van der Waals surface area (Å²) in [6.07, 6.45) is 8.24. The summed E-state index contributed by atoms with van der Waals surface area (Å²) in [5.41, 5.74) is -0.0433. The van der Waals surface area contributed by atoms with Crippen LogP contribution in [0.5, 0.6) is 0 Å². The average Bonchev–Trinajstić information content (AvgIpc) is 2.47. The summed E-state index contributed by atoms with van der Waals surface area (Å²) in [7, 11) is 0. The first-order valence-corrected chi connectivity index (χ1v) is 7.42. The van der Waals surface area contributed by atoms with Crippen LogP contribution in [0.15, 0.2) is 23.3 Å². The highest BCUT2D eigenvalue weighted by atomic mass is 16.2. The molecule has 3 N–H and O–H groups in total. The van der Waals surface area contributed by atoms with Crippen molar-refractivity contribution in [2.75, 3.05) is 6.54 Å². The topological polar surface area (TPSA) is 74.0 Å². The first-order valence-electron chi connectivity index (χ1n) is 7.42. The Morgan fingerprint density at radius 3 is 2.65 bits per heavy atom. The van der Waals surface area contributed by atoms with Crippen molar-refractivity contribution in [2.24, 2.45) is 0 Å². The molecule has 1 aromatic rings. The molecule has 1 fully saturated rings. The summed E-state index contributed by atoms with van der Waals surface area (Å²) >= 11 is 0. The van der Waals surface area contributed by atoms with E-state index in [1.54, 1.807) is 0 Å². The Balaban J connectivity index is 1.82. The lowest BCUT2D eigenvalue weighted by Gasteiger charge is -2.29. The maximum atomic E-state index is 12.0. The van der Waals surface area contributed by atoms with Gasteiger partial charge in [-0.05, 0) is 38.6 Å². The molecule has 0 radical (unpaired) electrons. The van der Waals surface area contributed by atoms with E-state index in [-0.39, 0.29) is 22.9 Å². The van der Waals surface area contributed by atoms with Crippen molar-refractivity contribution in [1.29, 1.82) is 0 Å². The van der Waals surface area contributed by atoms with E-state index < -0.39 is 0 Å². The zero-order valence-corrected chi connectivity index (χ0v) is 11.9. The molecule has 0 spiro atoms. The second-order valence-electron chi connectivity index (χ2n) is 5.40. The van der Waals surface area contributed by atoms with Crippen LogP contribution in [0.4, 0.5) is 0 Å². The van der Waals surface area contributed by atoms with Crippen molar-refractivity contribution >= 4 is 5.91 Å². The minimum absolute atomic E-state index is 0.182. The molecule has 1 saturated carbocycles. The Kier molecular flexibility index (Phi) is 5.35. The largest absolute Gasteiger partial charge is 0.367 e. The van der Waals surface area contributed by atoms with E-state index in [1.165, 1.54) is 18.5 Å². The van der Waals surface area contributed by atoms with Gasteiger partial charge in [-0.2, -0.15) is 0 Å². The third-order valence-electron chi connectivity index (χ3n) is 3.81. The lowest BCUT2D eigenvalue weighted by molar-refractivity contribution is 0.0923. The van der Waals surface area contributed by atoms with Crippen LogP contribution < -0.4 is 16.1 Å². The minimum Gasteiger partial charge on any atom is -0.367 e. The van der Waals surface area contributed by atoms with Crippen LogP contribution >= 0.6 is 0 Å². The van der Waals surface area contributed by atoms with Crippen LogP contribution in [0.1, 0.15) is 49.4 Å². The van der Waals surface area contributed by atoms with E-state index in [0.29, 0.717) is 6.04 Å². The summed E-state index contributed by atoms with van der Waals surface area (Å²) in [5, 5.41) is 6.48. The van der Waals surface area contributed by atoms with Gasteiger partial charge in [-0.3, -0.25) is 9.59 Å². The van der Waals surface area contributed by atoms with Gasteiger partial charge in [0.1, 0.15) is 5.56 Å². The van der Waals surface area contributed by atoms with Crippen LogP contribution in [0.2, 0.25) is 0 Å². The number of aromatic amines is 1. The van der Waals surface area contributed by atoms with Gasteiger partial charge < -0.3 is 15.6 Å². The molecule has 1 aromatic heterocycles. The second kappa shape index (κ2) is 7.24. The minimum atomic E-state index is -0.267. The van der Waals surface area contributed by atoms with Gasteiger partial charge in [-0.15, -0.1) is 0 Å². The Hall–Kier alpha value is -1.62. The number of hydrogen-bond donors (Lipinski definition) is 3. The molecule has 0 aliphatic heterocycles. The van der Waals surface area contributed by atoms with Crippen LogP contribution in [-0.4, -0.2) is 29.5 Å². The zero-order chi connectivity index (χ0) is 14.4. The Morgan fingerprint density at radius 1 is 1.30 bits per heavy atom. The quantitative estimate of drug-likeness (QED) is 0.762. The summed E-state index contributed by atoms with van der Waals surface area (Å²) in [5.74, 6) is -0.267. The van der Waals surface area contributed by atoms with Crippen LogP contribution in [0, 0.1) is 0 Å². The van der Waals surface area contributed by atoms with Gasteiger partial charge in [-0.1, -0.05) is 6.92 Å². The number of hydrogen-bond acceptors (Lipinski definition) is 3. The molecule has 0 bridgehead atoms. The number of pyridine rings is 1. The SMILES string of the molecule is CCCNC1CCC(NC(=O)c2c[nH]ccc2=O)CC1. The maximum absolute atomic E-state index is 12.0. The van der Waals surface area contributed by atoms with Gasteiger partial charge in [0.05, 0.1) is 0 Å². The van der Waals surface area contributed by atoms with E-state index in [2.05, 4.69) is 22.5 Å². The molecule has 5 nitrogen and oxygen atoms in total. The first-order chi connectivity index (χ1) is 9.70. The van der Waals surface area contributed by atoms with Gasteiger partial charge in [0.25, 0.3) is 5.91 Å². The lowest BCUT2D eigenvalue weighted by atomic mass is 9.91. The van der Waals surface area contributed by atoms with Gasteiger partial charge in [0.15, 0.2) is 5.43 Å². The van der Waals surface area contributed by atoms with Crippen molar-refractivity contribution in [2.45, 2.75) is 51.1 Å². The average molecular weight is 277 g/mol. The third-order valence-corrected chi connectivity index (χ3v) is 3.81. The Morgan fingerprint density at radius 2 is 2.00 bits per heavy atom. The van der Waals surface area contributed by atoms with Crippen molar-refractivity contribution in [3.8, 4) is 0 Å². The summed E-state index contributed by atoms with van der Waals surface area (Å²) in [4.78, 5) is 26.4. The monoisotopic (exact) mass is 277 g/mol. The van der Waals surface area contributed by atoms with E-state index in [9.17, 15) is 9.59 Å². The number of H-pyrrole nitrogens is 1. The fraction of sp³-hybridized carbons (Fsp3) is 0.600. The molecule has 2 rings (SSSR count). The standard InChI is InChI=1S/C15H23N3O2/c1-2-8-17-11-3-5-12(6-4-11)18-15(20)13-10-16-9-7-14(13)19/h7,9-12,17H,2-6,8H2,1H3,(H,16,19)(H,18,20). The third kappa shape index (κ3) is 3.93. The van der Waals surface area contributed by atoms with E-state index in [0.717, 1.165) is 38.6 Å². The number of amides is 1. The summed E-state index contributed by atoms with van der Waals surface area (Å²) in [6.45, 7) is 3.22. The van der Waals surface area contributed by atoms with Crippen LogP contribution in [-0.2, 0) is 0 Å². The molecular formula is C15H23N3O2. The molecule has 1 heterocycles. The lowest BCUT2D eigenvalue weighted by Crippen LogP contribution is -2.43. The molecule has 1 aliphatic carbocycles. The normalized spacial score (nSPS) is 22.4. The fourth-order valence-electron chi connectivity index (χ4n) is 2.65. The molecule has 0 atom stereocenters. The van der Waals surface area contributed by atoms with Gasteiger partial charge >= 0.3 is 0 Å². The highest BCUT2D eigenvalue weighted by Gasteiger charge is 2.22. The van der Waals surface area contributed by atoms with Gasteiger partial charge in [0, 0.05) is 30.5 Å². The van der Waals surface area contributed by atoms with Crippen LogP contribution in [0.3, 0.4) is 0 Å². The van der Waals surface area contributed by atoms with Crippen molar-refractivity contribution in [3.05, 3.63) is 34.2 Å². The number of carbonyl (C=O) groups excluding carboxylic acids is 1. The summed E-state index contributed by atoms with van der Waals surface area (Å²) in [6, 6.07) is 2.13. The predicted octanol–water partition coefficient (Wildman–Crippen LogP) is 1.42. The molecular weight excluding hydrogens is 254 g/mol. The Bertz CT molecular complexity index is 490. The highest BCUT2D eigenvalue weighted by Crippen LogP contribution is 2.18. The first kappa shape index (κ1) is 14.8. The summed E-state index contributed by atoms with van der Waals surface area (Å²) < 4.78 is 0. The van der Waals surface area contributed by atoms with E-state index in [1.807, 2.05) is 0 Å². The van der Waals surface area contributed by atoms with Crippen LogP contribution in [0.25, 0.3) is 0 Å². The van der Waals surface area contributed by atoms with E-state index in [4.69, 9.17) is 0 Å². The van der Waals surface area contributed by atoms with Gasteiger partial charge in [0.2, 0.25) is 0 Å². The van der Waals surface area contributed by atoms with Crippen molar-refractivity contribution < 1.29 is 4.79 Å². The molecule has 1 amide bonds. The molecule has 1 aliphatic rings. The van der Waals surface area contributed by atoms with E-state index >= 15 is 0 Å². The van der Waals surface area contributed by atoms with Gasteiger partial charge in [-0.25, -0.2) is 0 Å².